The van der Waals surface area contributed by atoms with Crippen LogP contribution in [0.4, 0.5) is 27.6 Å². The van der Waals surface area contributed by atoms with Crippen LogP contribution in [0.25, 0.3) is 22.2 Å². The van der Waals surface area contributed by atoms with Crippen molar-refractivity contribution in [2.45, 2.75) is 38.3 Å². The number of aromatic amines is 1. The number of nitrogens with zero attached hydrogens (tertiary/aromatic N) is 4. The third-order valence-corrected chi connectivity index (χ3v) is 5.71. The van der Waals surface area contributed by atoms with E-state index in [1.807, 2.05) is 0 Å². The lowest BCUT2D eigenvalue weighted by Crippen LogP contribution is -2.30. The Bertz CT molecular complexity index is 1570. The minimum atomic E-state index is -4.94. The number of alkyl halides is 4. The van der Waals surface area contributed by atoms with Crippen LogP contribution in [0.3, 0.4) is 0 Å². The standard InChI is InChI=1S/C24H21F5N6O3/c1-12(33-19-10-32-34-22(36)20(19)24(27,28)29)5-14(25)11-35-4-3-13-6-17(18(26)7-16(13)23(35)37)21-30-8-15(38-2)9-31-21/h3-4,6-10,12,14H,5,11H2,1-2H3,(H2,33,34,36)/t12-,14+/m1/s1. The van der Waals surface area contributed by atoms with Crippen LogP contribution < -0.4 is 21.2 Å². The number of rotatable bonds is 8. The van der Waals surface area contributed by atoms with E-state index in [-0.39, 0.29) is 23.2 Å². The minimum absolute atomic E-state index is 0.00467. The maximum Gasteiger partial charge on any atom is 0.423 e. The highest BCUT2D eigenvalue weighted by Gasteiger charge is 2.37. The number of benzene rings is 1. The van der Waals surface area contributed by atoms with Gasteiger partial charge in [-0.05, 0) is 30.5 Å². The van der Waals surface area contributed by atoms with Gasteiger partial charge in [0.1, 0.15) is 17.6 Å². The fourth-order valence-electron chi connectivity index (χ4n) is 3.97. The summed E-state index contributed by atoms with van der Waals surface area (Å²) in [6, 6.07) is 3.09. The number of halogens is 5. The van der Waals surface area contributed by atoms with Crippen molar-refractivity contribution in [2.75, 3.05) is 12.4 Å². The minimum Gasteiger partial charge on any atom is -0.494 e. The first kappa shape index (κ1) is 26.7. The third-order valence-electron chi connectivity index (χ3n) is 5.71. The maximum absolute atomic E-state index is 14.9. The van der Waals surface area contributed by atoms with Crippen LogP contribution in [0.2, 0.25) is 0 Å². The molecule has 4 aromatic rings. The first-order valence-electron chi connectivity index (χ1n) is 11.2. The van der Waals surface area contributed by atoms with E-state index in [0.29, 0.717) is 11.1 Å². The molecule has 14 heteroatoms. The summed E-state index contributed by atoms with van der Waals surface area (Å²) >= 11 is 0. The third kappa shape index (κ3) is 5.63. The van der Waals surface area contributed by atoms with Crippen molar-refractivity contribution >= 4 is 16.5 Å². The number of H-pyrrole nitrogens is 1. The fraction of sp³-hybridized carbons (Fsp3) is 0.292. The lowest BCUT2D eigenvalue weighted by molar-refractivity contribution is -0.138. The van der Waals surface area contributed by atoms with Crippen LogP contribution >= 0.6 is 0 Å². The number of aromatic nitrogens is 5. The van der Waals surface area contributed by atoms with E-state index in [4.69, 9.17) is 4.74 Å². The second-order valence-corrected chi connectivity index (χ2v) is 8.50. The Kier molecular flexibility index (Phi) is 7.41. The number of pyridine rings is 1. The molecule has 0 amide bonds. The van der Waals surface area contributed by atoms with Crippen LogP contribution in [0.5, 0.6) is 5.75 Å². The first-order chi connectivity index (χ1) is 18.0. The van der Waals surface area contributed by atoms with E-state index < -0.39 is 53.1 Å². The number of hydrogen-bond donors (Lipinski definition) is 2. The smallest absolute Gasteiger partial charge is 0.423 e. The Morgan fingerprint density at radius 3 is 2.53 bits per heavy atom. The van der Waals surface area contributed by atoms with Gasteiger partial charge in [-0.2, -0.15) is 18.3 Å². The number of fused-ring (bicyclic) bond motifs is 1. The number of methoxy groups -OCH3 is 1. The SMILES string of the molecule is COc1cnc(-c2cc3ccn(C[C@@H](F)C[C@@H](C)Nc4cn[nH]c(=O)c4C(F)(F)F)c(=O)c3cc2F)nc1. The molecular weight excluding hydrogens is 515 g/mol. The number of nitrogens with one attached hydrogen (secondary N) is 2. The van der Waals surface area contributed by atoms with Crippen molar-refractivity contribution in [2.24, 2.45) is 0 Å². The number of ether oxygens (including phenoxy) is 1. The first-order valence-corrected chi connectivity index (χ1v) is 11.2. The van der Waals surface area contributed by atoms with Gasteiger partial charge in [-0.3, -0.25) is 9.59 Å². The second kappa shape index (κ2) is 10.6. The summed E-state index contributed by atoms with van der Waals surface area (Å²) < 4.78 is 75.4. The molecule has 9 nitrogen and oxygen atoms in total. The van der Waals surface area contributed by atoms with Gasteiger partial charge in [-0.1, -0.05) is 0 Å². The molecule has 200 valence electrons. The largest absolute Gasteiger partial charge is 0.494 e. The van der Waals surface area contributed by atoms with Gasteiger partial charge in [0, 0.05) is 18.7 Å². The maximum atomic E-state index is 14.9. The van der Waals surface area contributed by atoms with E-state index in [0.717, 1.165) is 16.8 Å². The molecular formula is C24H21F5N6O3. The van der Waals surface area contributed by atoms with Gasteiger partial charge in [0.05, 0.1) is 48.9 Å². The predicted octanol–water partition coefficient (Wildman–Crippen LogP) is 3.94. The topological polar surface area (TPSA) is 115 Å². The molecule has 4 rings (SSSR count). The molecule has 0 unspecified atom stereocenters. The van der Waals surface area contributed by atoms with Crippen LogP contribution in [0.1, 0.15) is 18.9 Å². The Balaban J connectivity index is 1.51. The second-order valence-electron chi connectivity index (χ2n) is 8.50. The average Bonchev–Trinajstić information content (AvgIpc) is 2.85. The molecule has 0 saturated heterocycles. The highest BCUT2D eigenvalue weighted by Crippen LogP contribution is 2.32. The summed E-state index contributed by atoms with van der Waals surface area (Å²) in [6.45, 7) is 1.00. The van der Waals surface area contributed by atoms with Gasteiger partial charge in [0.25, 0.3) is 11.1 Å². The molecule has 0 bridgehead atoms. The zero-order valence-corrected chi connectivity index (χ0v) is 20.0. The van der Waals surface area contributed by atoms with Crippen LogP contribution in [0.15, 0.2) is 52.6 Å². The fourth-order valence-corrected chi connectivity index (χ4v) is 3.97. The Labute approximate surface area is 211 Å². The molecule has 1 aromatic carbocycles. The lowest BCUT2D eigenvalue weighted by Gasteiger charge is -2.20. The Morgan fingerprint density at radius 1 is 1.16 bits per heavy atom. The summed E-state index contributed by atoms with van der Waals surface area (Å²) in [4.78, 5) is 32.6. The highest BCUT2D eigenvalue weighted by molar-refractivity contribution is 5.86. The molecule has 0 saturated carbocycles. The van der Waals surface area contributed by atoms with Crippen LogP contribution in [-0.2, 0) is 12.7 Å². The molecule has 3 heterocycles. The van der Waals surface area contributed by atoms with E-state index in [1.54, 1.807) is 5.10 Å². The van der Waals surface area contributed by atoms with E-state index in [2.05, 4.69) is 20.4 Å². The zero-order chi connectivity index (χ0) is 27.6. The molecule has 3 aromatic heterocycles. The molecule has 0 aliphatic carbocycles. The lowest BCUT2D eigenvalue weighted by atomic mass is 10.1. The summed E-state index contributed by atoms with van der Waals surface area (Å²) in [5.41, 5.74) is -4.07. The quantitative estimate of drug-likeness (QED) is 0.328. The normalized spacial score (nSPS) is 13.3. The van der Waals surface area contributed by atoms with E-state index >= 15 is 0 Å². The van der Waals surface area contributed by atoms with Crippen molar-refractivity contribution in [1.82, 2.24) is 24.7 Å². The summed E-state index contributed by atoms with van der Waals surface area (Å²) in [5.74, 6) is -0.277. The van der Waals surface area contributed by atoms with Gasteiger partial charge >= 0.3 is 6.18 Å². The molecule has 0 radical (unpaired) electrons. The van der Waals surface area contributed by atoms with Crippen molar-refractivity contribution in [3.63, 3.8) is 0 Å². The summed E-state index contributed by atoms with van der Waals surface area (Å²) in [7, 11) is 1.44. The molecule has 0 aliphatic heterocycles. The molecule has 0 fully saturated rings. The summed E-state index contributed by atoms with van der Waals surface area (Å²) in [6.07, 6.45) is -2.02. The average molecular weight is 536 g/mol. The number of anilines is 1. The van der Waals surface area contributed by atoms with Gasteiger partial charge in [0.2, 0.25) is 0 Å². The van der Waals surface area contributed by atoms with Crippen molar-refractivity contribution < 1.29 is 26.7 Å². The van der Waals surface area contributed by atoms with E-state index in [9.17, 15) is 31.5 Å². The highest BCUT2D eigenvalue weighted by atomic mass is 19.4. The van der Waals surface area contributed by atoms with E-state index in [1.165, 1.54) is 44.8 Å². The Morgan fingerprint density at radius 2 is 1.87 bits per heavy atom. The van der Waals surface area contributed by atoms with Crippen molar-refractivity contribution in [3.05, 3.63) is 75.1 Å². The van der Waals surface area contributed by atoms with Gasteiger partial charge < -0.3 is 14.6 Å². The van der Waals surface area contributed by atoms with Crippen LogP contribution in [-0.4, -0.2) is 44.1 Å². The van der Waals surface area contributed by atoms with Gasteiger partial charge in [-0.15, -0.1) is 0 Å². The zero-order valence-electron chi connectivity index (χ0n) is 20.0. The molecule has 0 spiro atoms. The predicted molar refractivity (Wildman–Crippen MR) is 128 cm³/mol. The van der Waals surface area contributed by atoms with Gasteiger partial charge in [-0.25, -0.2) is 23.8 Å². The van der Waals surface area contributed by atoms with Crippen molar-refractivity contribution in [3.8, 4) is 17.1 Å². The Hall–Kier alpha value is -4.36. The molecule has 38 heavy (non-hydrogen) atoms. The van der Waals surface area contributed by atoms with Gasteiger partial charge in [0.15, 0.2) is 11.6 Å². The molecule has 2 N–H and O–H groups in total. The molecule has 2 atom stereocenters. The van der Waals surface area contributed by atoms with Crippen LogP contribution in [0, 0.1) is 5.82 Å². The van der Waals surface area contributed by atoms with Crippen molar-refractivity contribution in [1.29, 1.82) is 0 Å². The monoisotopic (exact) mass is 536 g/mol. The summed E-state index contributed by atoms with van der Waals surface area (Å²) in [5, 5.41) is 7.92. The number of hydrogen-bond acceptors (Lipinski definition) is 7. The molecule has 0 aliphatic rings.